The molecule has 2 heterocycles. The zero-order chi connectivity index (χ0) is 23.3. The van der Waals surface area contributed by atoms with E-state index in [4.69, 9.17) is 4.74 Å². The molecular formula is C28H37N3O2. The third-order valence-electron chi connectivity index (χ3n) is 6.64. The van der Waals surface area contributed by atoms with E-state index in [0.717, 1.165) is 44.8 Å². The first-order chi connectivity index (χ1) is 15.9. The highest BCUT2D eigenvalue weighted by Crippen LogP contribution is 2.34. The van der Waals surface area contributed by atoms with Gasteiger partial charge < -0.3 is 15.0 Å². The maximum absolute atomic E-state index is 13.0. The van der Waals surface area contributed by atoms with Crippen LogP contribution in [0.15, 0.2) is 54.7 Å². The van der Waals surface area contributed by atoms with E-state index in [1.54, 1.807) is 0 Å². The molecule has 0 radical (unpaired) electrons. The Morgan fingerprint density at radius 2 is 1.82 bits per heavy atom. The molecule has 0 unspecified atom stereocenters. The van der Waals surface area contributed by atoms with Crippen LogP contribution >= 0.6 is 0 Å². The number of benzene rings is 2. The maximum Gasteiger partial charge on any atom is 0.220 e. The number of carbonyl (C=O) groups is 1. The Labute approximate surface area is 197 Å². The van der Waals surface area contributed by atoms with Gasteiger partial charge in [-0.2, -0.15) is 0 Å². The van der Waals surface area contributed by atoms with Crippen molar-refractivity contribution in [3.63, 3.8) is 0 Å². The van der Waals surface area contributed by atoms with Gasteiger partial charge in [-0.25, -0.2) is 0 Å². The molecular weight excluding hydrogens is 410 g/mol. The third-order valence-corrected chi connectivity index (χ3v) is 6.64. The first-order valence-corrected chi connectivity index (χ1v) is 12.1. The van der Waals surface area contributed by atoms with Crippen LogP contribution in [-0.2, 0) is 14.9 Å². The summed E-state index contributed by atoms with van der Waals surface area (Å²) in [7, 11) is 0. The average molecular weight is 448 g/mol. The fourth-order valence-corrected chi connectivity index (χ4v) is 4.62. The normalized spacial score (nSPS) is 16.1. The summed E-state index contributed by atoms with van der Waals surface area (Å²) in [6.45, 7) is 12.0. The number of aromatic nitrogens is 1. The Hall–Kier alpha value is -2.63. The van der Waals surface area contributed by atoms with Crippen molar-refractivity contribution in [3.8, 4) is 0 Å². The molecule has 5 nitrogen and oxygen atoms in total. The van der Waals surface area contributed by atoms with Gasteiger partial charge in [0.25, 0.3) is 0 Å². The number of amides is 1. The number of hydrogen-bond donors (Lipinski definition) is 2. The van der Waals surface area contributed by atoms with Crippen molar-refractivity contribution in [3.05, 3.63) is 71.4 Å². The van der Waals surface area contributed by atoms with Crippen LogP contribution in [0.4, 0.5) is 0 Å². The van der Waals surface area contributed by atoms with Gasteiger partial charge in [-0.1, -0.05) is 63.2 Å². The molecule has 0 aliphatic carbocycles. The van der Waals surface area contributed by atoms with E-state index in [0.29, 0.717) is 13.0 Å². The second kappa shape index (κ2) is 10.5. The van der Waals surface area contributed by atoms with Gasteiger partial charge in [0.15, 0.2) is 0 Å². The zero-order valence-electron chi connectivity index (χ0n) is 20.2. The van der Waals surface area contributed by atoms with Crippen molar-refractivity contribution >= 4 is 16.8 Å². The summed E-state index contributed by atoms with van der Waals surface area (Å²) in [5.41, 5.74) is 4.87. The molecule has 5 heteroatoms. The lowest BCUT2D eigenvalue weighted by atomic mass is 9.83. The van der Waals surface area contributed by atoms with Gasteiger partial charge in [-0.3, -0.25) is 9.69 Å². The Morgan fingerprint density at radius 3 is 2.55 bits per heavy atom. The number of para-hydroxylation sites is 1. The second-order valence-corrected chi connectivity index (χ2v) is 10.1. The maximum atomic E-state index is 13.0. The van der Waals surface area contributed by atoms with Crippen molar-refractivity contribution in [1.82, 2.24) is 15.2 Å². The summed E-state index contributed by atoms with van der Waals surface area (Å²) in [6, 6.07) is 17.1. The SMILES string of the molecule is CC(C)(C)c1ccc([C@@H](CC(=O)NCCCN2CCOCC2)c2c[nH]c3ccccc23)cc1. The minimum atomic E-state index is 0.00871. The van der Waals surface area contributed by atoms with E-state index in [2.05, 4.69) is 84.6 Å². The number of carbonyl (C=O) groups excluding carboxylic acids is 1. The highest BCUT2D eigenvalue weighted by atomic mass is 16.5. The van der Waals surface area contributed by atoms with E-state index >= 15 is 0 Å². The third kappa shape index (κ3) is 6.04. The predicted octanol–water partition coefficient (Wildman–Crippen LogP) is 4.83. The summed E-state index contributed by atoms with van der Waals surface area (Å²) in [5, 5.41) is 4.34. The number of nitrogens with one attached hydrogen (secondary N) is 2. The van der Waals surface area contributed by atoms with Crippen LogP contribution < -0.4 is 5.32 Å². The largest absolute Gasteiger partial charge is 0.379 e. The lowest BCUT2D eigenvalue weighted by Gasteiger charge is -2.26. The molecule has 0 spiro atoms. The van der Waals surface area contributed by atoms with Crippen molar-refractivity contribution in [2.75, 3.05) is 39.4 Å². The molecule has 2 N–H and O–H groups in total. The van der Waals surface area contributed by atoms with Crippen molar-refractivity contribution < 1.29 is 9.53 Å². The van der Waals surface area contributed by atoms with Gasteiger partial charge in [0.2, 0.25) is 5.91 Å². The number of rotatable bonds is 8. The zero-order valence-corrected chi connectivity index (χ0v) is 20.2. The predicted molar refractivity (Wildman–Crippen MR) is 135 cm³/mol. The van der Waals surface area contributed by atoms with E-state index in [9.17, 15) is 4.79 Å². The molecule has 1 saturated heterocycles. The highest BCUT2D eigenvalue weighted by molar-refractivity contribution is 5.86. The van der Waals surface area contributed by atoms with Crippen LogP contribution in [0.25, 0.3) is 10.9 Å². The summed E-state index contributed by atoms with van der Waals surface area (Å²) in [5.74, 6) is 0.113. The fraction of sp³-hybridized carbons (Fsp3) is 0.464. The van der Waals surface area contributed by atoms with Crippen molar-refractivity contribution in [1.29, 1.82) is 0 Å². The second-order valence-electron chi connectivity index (χ2n) is 10.1. The number of hydrogen-bond acceptors (Lipinski definition) is 3. The molecule has 1 aliphatic heterocycles. The first kappa shape index (κ1) is 23.5. The smallest absolute Gasteiger partial charge is 0.220 e. The van der Waals surface area contributed by atoms with E-state index in [-0.39, 0.29) is 17.2 Å². The van der Waals surface area contributed by atoms with Crippen LogP contribution in [0.1, 0.15) is 56.2 Å². The fourth-order valence-electron chi connectivity index (χ4n) is 4.62. The number of H-pyrrole nitrogens is 1. The lowest BCUT2D eigenvalue weighted by Crippen LogP contribution is -2.38. The number of nitrogens with zero attached hydrogens (tertiary/aromatic N) is 1. The summed E-state index contributed by atoms with van der Waals surface area (Å²) in [6.07, 6.45) is 3.47. The first-order valence-electron chi connectivity index (χ1n) is 12.1. The average Bonchev–Trinajstić information content (AvgIpc) is 3.24. The monoisotopic (exact) mass is 447 g/mol. The molecule has 33 heavy (non-hydrogen) atoms. The lowest BCUT2D eigenvalue weighted by molar-refractivity contribution is -0.121. The van der Waals surface area contributed by atoms with E-state index < -0.39 is 0 Å². The number of fused-ring (bicyclic) bond motifs is 1. The van der Waals surface area contributed by atoms with Gasteiger partial charge in [0.05, 0.1) is 13.2 Å². The molecule has 2 aromatic carbocycles. The molecule has 0 bridgehead atoms. The van der Waals surface area contributed by atoms with Crippen molar-refractivity contribution in [2.45, 2.75) is 44.9 Å². The minimum absolute atomic E-state index is 0.00871. The Kier molecular flexibility index (Phi) is 7.51. The minimum Gasteiger partial charge on any atom is -0.379 e. The molecule has 1 aliphatic rings. The van der Waals surface area contributed by atoms with Crippen LogP contribution in [-0.4, -0.2) is 55.2 Å². The van der Waals surface area contributed by atoms with Gasteiger partial charge in [-0.05, 0) is 41.1 Å². The van der Waals surface area contributed by atoms with E-state index in [1.807, 2.05) is 6.07 Å². The molecule has 1 aromatic heterocycles. The summed E-state index contributed by atoms with van der Waals surface area (Å²) >= 11 is 0. The quantitative estimate of drug-likeness (QED) is 0.487. The molecule has 1 fully saturated rings. The number of aromatic amines is 1. The van der Waals surface area contributed by atoms with Crippen LogP contribution in [0.5, 0.6) is 0 Å². The standard InChI is InChI=1S/C28H37N3O2/c1-28(2,3)22-11-9-21(10-12-22)24(25-20-30-26-8-5-4-7-23(25)26)19-27(32)29-13-6-14-31-15-17-33-18-16-31/h4-5,7-12,20,24,30H,6,13-19H2,1-3H3,(H,29,32)/t24-/m1/s1. The molecule has 1 amide bonds. The molecule has 4 rings (SSSR count). The Bertz CT molecular complexity index is 1040. The Morgan fingerprint density at radius 1 is 1.09 bits per heavy atom. The van der Waals surface area contributed by atoms with Crippen LogP contribution in [0, 0.1) is 0 Å². The van der Waals surface area contributed by atoms with Gasteiger partial charge in [0, 0.05) is 49.1 Å². The van der Waals surface area contributed by atoms with Gasteiger partial charge >= 0.3 is 0 Å². The molecule has 176 valence electrons. The van der Waals surface area contributed by atoms with Crippen molar-refractivity contribution in [2.24, 2.45) is 0 Å². The number of ether oxygens (including phenoxy) is 1. The van der Waals surface area contributed by atoms with Gasteiger partial charge in [-0.15, -0.1) is 0 Å². The van der Waals surface area contributed by atoms with E-state index in [1.165, 1.54) is 22.1 Å². The molecule has 1 atom stereocenters. The number of morpholine rings is 1. The Balaban J connectivity index is 1.46. The van der Waals surface area contributed by atoms with Crippen LogP contribution in [0.2, 0.25) is 0 Å². The summed E-state index contributed by atoms with van der Waals surface area (Å²) in [4.78, 5) is 18.8. The molecule has 0 saturated carbocycles. The topological polar surface area (TPSA) is 57.4 Å². The summed E-state index contributed by atoms with van der Waals surface area (Å²) < 4.78 is 5.41. The highest BCUT2D eigenvalue weighted by Gasteiger charge is 2.22. The van der Waals surface area contributed by atoms with Crippen LogP contribution in [0.3, 0.4) is 0 Å². The van der Waals surface area contributed by atoms with Gasteiger partial charge in [0.1, 0.15) is 0 Å². The molecule has 3 aromatic rings.